The molecular formula is C18H20FNO4S. The summed E-state index contributed by atoms with van der Waals surface area (Å²) in [6.07, 6.45) is 1.47. The zero-order valence-corrected chi connectivity index (χ0v) is 15.1. The number of nitrogens with zero attached hydrogens (tertiary/aromatic N) is 1. The van der Waals surface area contributed by atoms with E-state index in [9.17, 15) is 12.8 Å². The first-order valence-electron chi connectivity index (χ1n) is 7.87. The van der Waals surface area contributed by atoms with Crippen molar-refractivity contribution < 1.29 is 22.3 Å². The van der Waals surface area contributed by atoms with Crippen LogP contribution in [0.5, 0.6) is 11.5 Å². The van der Waals surface area contributed by atoms with Crippen molar-refractivity contribution in [3.63, 3.8) is 0 Å². The lowest BCUT2D eigenvalue weighted by molar-refractivity contribution is 0.347. The molecule has 1 aliphatic rings. The van der Waals surface area contributed by atoms with Gasteiger partial charge in [0, 0.05) is 19.2 Å². The molecule has 0 bridgehead atoms. The van der Waals surface area contributed by atoms with E-state index in [0.717, 1.165) is 23.6 Å². The molecule has 1 atom stereocenters. The van der Waals surface area contributed by atoms with Crippen LogP contribution in [0.4, 0.5) is 4.39 Å². The molecule has 0 aromatic heterocycles. The molecule has 1 aliphatic carbocycles. The Morgan fingerprint density at radius 2 is 1.76 bits per heavy atom. The van der Waals surface area contributed by atoms with E-state index in [1.165, 1.54) is 31.6 Å². The highest BCUT2D eigenvalue weighted by Gasteiger charge is 2.35. The molecule has 0 aliphatic heterocycles. The summed E-state index contributed by atoms with van der Waals surface area (Å²) in [4.78, 5) is -0.419. The molecule has 0 spiro atoms. The van der Waals surface area contributed by atoms with Gasteiger partial charge in [0.25, 0.3) is 0 Å². The van der Waals surface area contributed by atoms with Crippen molar-refractivity contribution in [3.8, 4) is 11.5 Å². The lowest BCUT2D eigenvalue weighted by Gasteiger charge is -2.25. The molecule has 0 saturated carbocycles. The number of hydrogen-bond donors (Lipinski definition) is 0. The Kier molecular flexibility index (Phi) is 4.71. The van der Waals surface area contributed by atoms with Crippen LogP contribution in [-0.2, 0) is 16.4 Å². The normalized spacial score (nSPS) is 16.8. The van der Waals surface area contributed by atoms with Crippen LogP contribution in [0.1, 0.15) is 23.6 Å². The standard InChI is InChI=1S/C18H20FNO4S/c1-20(15-9-8-12-6-4-5-7-13(12)15)25(21,22)18-11-17(24-3)16(23-2)10-14(18)19/h4-7,10-11,15H,8-9H2,1-3H3. The van der Waals surface area contributed by atoms with Crippen molar-refractivity contribution in [3.05, 3.63) is 53.3 Å². The summed E-state index contributed by atoms with van der Waals surface area (Å²) in [7, 11) is 0.200. The minimum Gasteiger partial charge on any atom is -0.493 e. The predicted molar refractivity (Wildman–Crippen MR) is 92.0 cm³/mol. The van der Waals surface area contributed by atoms with Gasteiger partial charge in [0.15, 0.2) is 11.5 Å². The van der Waals surface area contributed by atoms with E-state index in [4.69, 9.17) is 9.47 Å². The average molecular weight is 365 g/mol. The Labute approximate surface area is 147 Å². The second kappa shape index (κ2) is 6.65. The smallest absolute Gasteiger partial charge is 0.246 e. The number of ether oxygens (including phenoxy) is 2. The number of fused-ring (bicyclic) bond motifs is 1. The Morgan fingerprint density at radius 3 is 2.44 bits per heavy atom. The molecular weight excluding hydrogens is 345 g/mol. The first kappa shape index (κ1) is 17.7. The fourth-order valence-corrected chi connectivity index (χ4v) is 4.69. The van der Waals surface area contributed by atoms with Crippen molar-refractivity contribution in [1.29, 1.82) is 0 Å². The van der Waals surface area contributed by atoms with Gasteiger partial charge in [-0.1, -0.05) is 24.3 Å². The highest BCUT2D eigenvalue weighted by molar-refractivity contribution is 7.89. The lowest BCUT2D eigenvalue weighted by atomic mass is 10.1. The summed E-state index contributed by atoms with van der Waals surface area (Å²) in [6, 6.07) is 9.62. The SMILES string of the molecule is COc1cc(F)c(S(=O)(=O)N(C)C2CCc3ccccc32)cc1OC. The quantitative estimate of drug-likeness (QED) is 0.817. The van der Waals surface area contributed by atoms with E-state index < -0.39 is 20.7 Å². The van der Waals surface area contributed by atoms with Crippen LogP contribution < -0.4 is 9.47 Å². The van der Waals surface area contributed by atoms with Crippen molar-refractivity contribution in [2.75, 3.05) is 21.3 Å². The Balaban J connectivity index is 2.03. The zero-order valence-electron chi connectivity index (χ0n) is 14.3. The summed E-state index contributed by atoms with van der Waals surface area (Å²) in [5.74, 6) is -0.550. The lowest BCUT2D eigenvalue weighted by Crippen LogP contribution is -2.31. The second-order valence-corrected chi connectivity index (χ2v) is 7.88. The van der Waals surface area contributed by atoms with Crippen LogP contribution in [-0.4, -0.2) is 34.0 Å². The molecule has 134 valence electrons. The minimum atomic E-state index is -4.03. The minimum absolute atomic E-state index is 0.146. The highest BCUT2D eigenvalue weighted by Crippen LogP contribution is 2.39. The highest BCUT2D eigenvalue weighted by atomic mass is 32.2. The van der Waals surface area contributed by atoms with Crippen molar-refractivity contribution in [2.45, 2.75) is 23.8 Å². The van der Waals surface area contributed by atoms with Crippen LogP contribution in [0.2, 0.25) is 0 Å². The van der Waals surface area contributed by atoms with Gasteiger partial charge in [0.2, 0.25) is 10.0 Å². The topological polar surface area (TPSA) is 55.8 Å². The van der Waals surface area contributed by atoms with Gasteiger partial charge < -0.3 is 9.47 Å². The molecule has 5 nitrogen and oxygen atoms in total. The third-order valence-corrected chi connectivity index (χ3v) is 6.52. The zero-order chi connectivity index (χ0) is 18.2. The van der Waals surface area contributed by atoms with Gasteiger partial charge in [0.05, 0.1) is 20.3 Å². The van der Waals surface area contributed by atoms with E-state index in [-0.39, 0.29) is 17.5 Å². The van der Waals surface area contributed by atoms with Crippen LogP contribution >= 0.6 is 0 Å². The number of aryl methyl sites for hydroxylation is 1. The summed E-state index contributed by atoms with van der Waals surface area (Å²) in [5.41, 5.74) is 2.09. The molecule has 0 fully saturated rings. The molecule has 7 heteroatoms. The molecule has 2 aromatic carbocycles. The fourth-order valence-electron chi connectivity index (χ4n) is 3.27. The van der Waals surface area contributed by atoms with Crippen LogP contribution in [0.3, 0.4) is 0 Å². The largest absolute Gasteiger partial charge is 0.493 e. The second-order valence-electron chi connectivity index (χ2n) is 5.91. The maximum atomic E-state index is 14.5. The molecule has 0 heterocycles. The van der Waals surface area contributed by atoms with Crippen LogP contribution in [0, 0.1) is 5.82 Å². The molecule has 25 heavy (non-hydrogen) atoms. The number of hydrogen-bond acceptors (Lipinski definition) is 4. The van der Waals surface area contributed by atoms with Gasteiger partial charge in [0.1, 0.15) is 10.7 Å². The third-order valence-electron chi connectivity index (χ3n) is 4.64. The van der Waals surface area contributed by atoms with Crippen LogP contribution in [0.15, 0.2) is 41.3 Å². The molecule has 0 amide bonds. The maximum Gasteiger partial charge on any atom is 0.246 e. The molecule has 2 aromatic rings. The molecule has 0 saturated heterocycles. The van der Waals surface area contributed by atoms with Crippen LogP contribution in [0.25, 0.3) is 0 Å². The predicted octanol–water partition coefficient (Wildman–Crippen LogP) is 3.15. The van der Waals surface area contributed by atoms with Crippen molar-refractivity contribution in [2.24, 2.45) is 0 Å². The Bertz CT molecular complexity index is 898. The van der Waals surface area contributed by atoms with Gasteiger partial charge in [-0.3, -0.25) is 0 Å². The summed E-state index contributed by atoms with van der Waals surface area (Å²) >= 11 is 0. The van der Waals surface area contributed by atoms with E-state index >= 15 is 0 Å². The van der Waals surface area contributed by atoms with Crippen molar-refractivity contribution >= 4 is 10.0 Å². The first-order chi connectivity index (χ1) is 11.9. The van der Waals surface area contributed by atoms with E-state index in [1.54, 1.807) is 0 Å². The van der Waals surface area contributed by atoms with Gasteiger partial charge in [-0.25, -0.2) is 12.8 Å². The average Bonchev–Trinajstić information content (AvgIpc) is 3.04. The number of methoxy groups -OCH3 is 2. The van der Waals surface area contributed by atoms with E-state index in [1.807, 2.05) is 24.3 Å². The van der Waals surface area contributed by atoms with E-state index in [2.05, 4.69) is 0 Å². The Morgan fingerprint density at radius 1 is 1.12 bits per heavy atom. The first-order valence-corrected chi connectivity index (χ1v) is 9.31. The third kappa shape index (κ3) is 2.98. The summed E-state index contributed by atoms with van der Waals surface area (Å²) < 4.78 is 51.8. The number of sulfonamides is 1. The number of halogens is 1. The summed E-state index contributed by atoms with van der Waals surface area (Å²) in [6.45, 7) is 0. The molecule has 0 radical (unpaired) electrons. The number of rotatable bonds is 5. The van der Waals surface area contributed by atoms with E-state index in [0.29, 0.717) is 6.42 Å². The molecule has 1 unspecified atom stereocenters. The molecule has 0 N–H and O–H groups in total. The van der Waals surface area contributed by atoms with Gasteiger partial charge in [-0.2, -0.15) is 4.31 Å². The monoisotopic (exact) mass is 365 g/mol. The van der Waals surface area contributed by atoms with Gasteiger partial charge in [-0.15, -0.1) is 0 Å². The fraction of sp³-hybridized carbons (Fsp3) is 0.333. The maximum absolute atomic E-state index is 14.5. The Hall–Kier alpha value is -2.12. The number of benzene rings is 2. The van der Waals surface area contributed by atoms with Gasteiger partial charge >= 0.3 is 0 Å². The van der Waals surface area contributed by atoms with Gasteiger partial charge in [-0.05, 0) is 24.0 Å². The summed E-state index contributed by atoms with van der Waals surface area (Å²) in [5, 5.41) is 0. The molecule has 3 rings (SSSR count). The van der Waals surface area contributed by atoms with Crippen molar-refractivity contribution in [1.82, 2.24) is 4.31 Å².